The molecular weight excluding hydrogens is 635 g/mol. The summed E-state index contributed by atoms with van der Waals surface area (Å²) in [6.07, 6.45) is -0.313. The van der Waals surface area contributed by atoms with Gasteiger partial charge in [0.2, 0.25) is 0 Å². The van der Waals surface area contributed by atoms with Crippen LogP contribution in [0, 0.1) is 13.7 Å². The van der Waals surface area contributed by atoms with E-state index in [1.54, 1.807) is 48.5 Å². The highest BCUT2D eigenvalue weighted by Crippen LogP contribution is 2.41. The maximum atomic E-state index is 11.3. The smallest absolute Gasteiger partial charge is 0.149 e. The molecule has 4 nitrogen and oxygen atoms in total. The molecule has 254 valence electrons. The molecule has 6 aromatic carbocycles. The first-order valence-electron chi connectivity index (χ1n) is 22.8. The van der Waals surface area contributed by atoms with Crippen LogP contribution in [0.5, 0.6) is 5.75 Å². The van der Waals surface area contributed by atoms with Gasteiger partial charge in [0.15, 0.2) is 0 Å². The number of imidazole rings is 1. The molecule has 8 rings (SSSR count). The predicted octanol–water partition coefficient (Wildman–Crippen LogP) is 12.4. The highest BCUT2D eigenvalue weighted by Gasteiger charge is 2.23. The van der Waals surface area contributed by atoms with E-state index in [1.807, 2.05) is 86.0 Å². The van der Waals surface area contributed by atoms with Crippen LogP contribution >= 0.6 is 0 Å². The molecule has 8 aromatic rings. The van der Waals surface area contributed by atoms with Gasteiger partial charge in [-0.1, -0.05) is 123 Å². The number of benzene rings is 6. The lowest BCUT2D eigenvalue weighted by Crippen LogP contribution is -2.11. The molecule has 0 atom stereocenters. The molecule has 0 saturated heterocycles. The summed E-state index contributed by atoms with van der Waals surface area (Å²) in [6.45, 7) is 0.753. The molecule has 0 aliphatic carbocycles. The van der Waals surface area contributed by atoms with E-state index in [-0.39, 0.29) is 40.3 Å². The van der Waals surface area contributed by atoms with Gasteiger partial charge < -0.3 is 5.11 Å². The van der Waals surface area contributed by atoms with Gasteiger partial charge in [-0.25, -0.2) is 4.98 Å². The first-order valence-corrected chi connectivity index (χ1v) is 16.8. The molecule has 0 saturated carbocycles. The Morgan fingerprint density at radius 1 is 0.635 bits per heavy atom. The largest absolute Gasteiger partial charge is 0.507 e. The third-order valence-electron chi connectivity index (χ3n) is 9.07. The maximum Gasteiger partial charge on any atom is 0.149 e. The Bertz CT molecular complexity index is 3120. The summed E-state index contributed by atoms with van der Waals surface area (Å²) < 4.78 is 103. The molecule has 2 aromatic heterocycles. The molecule has 0 aliphatic rings. The van der Waals surface area contributed by atoms with Crippen molar-refractivity contribution in [2.75, 3.05) is 0 Å². The highest BCUT2D eigenvalue weighted by molar-refractivity contribution is 5.97. The fourth-order valence-electron chi connectivity index (χ4n) is 6.42. The van der Waals surface area contributed by atoms with Gasteiger partial charge in [-0.2, -0.15) is 0 Å². The summed E-state index contributed by atoms with van der Waals surface area (Å²) in [6, 6.07) is 30.7. The normalized spacial score (nSPS) is 15.4. The van der Waals surface area contributed by atoms with Gasteiger partial charge in [-0.15, -0.1) is 0 Å². The number of para-hydroxylation sites is 2. The van der Waals surface area contributed by atoms with E-state index in [0.717, 1.165) is 11.1 Å². The Morgan fingerprint density at radius 3 is 2.15 bits per heavy atom. The Kier molecular flexibility index (Phi) is 5.52. The number of rotatable bonds is 6. The lowest BCUT2D eigenvalue weighted by atomic mass is 9.83. The van der Waals surface area contributed by atoms with E-state index in [1.165, 1.54) is 6.07 Å². The molecule has 0 amide bonds. The monoisotopic (exact) mass is 687 g/mol. The van der Waals surface area contributed by atoms with Gasteiger partial charge in [0, 0.05) is 31.1 Å². The zero-order valence-corrected chi connectivity index (χ0v) is 28.8. The zero-order chi connectivity index (χ0) is 46.2. The van der Waals surface area contributed by atoms with Crippen LogP contribution in [0.3, 0.4) is 0 Å². The number of aryl methyl sites for hydroxylation is 1. The second-order valence-electron chi connectivity index (χ2n) is 13.6. The highest BCUT2D eigenvalue weighted by atomic mass is 16.3. The molecule has 2 heterocycles. The Labute approximate surface area is 322 Å². The van der Waals surface area contributed by atoms with Crippen molar-refractivity contribution in [2.45, 2.75) is 39.9 Å². The molecule has 0 fully saturated rings. The number of aromatic nitrogens is 3. The van der Waals surface area contributed by atoms with Gasteiger partial charge in [0.05, 0.1) is 36.2 Å². The van der Waals surface area contributed by atoms with Gasteiger partial charge in [-0.3, -0.25) is 9.55 Å². The lowest BCUT2D eigenvalue weighted by molar-refractivity contribution is 0.477. The molecule has 0 spiro atoms. The Balaban J connectivity index is 1.41. The quantitative estimate of drug-likeness (QED) is 0.189. The zero-order valence-electron chi connectivity index (χ0n) is 40.8. The molecule has 0 radical (unpaired) electrons. The molecule has 0 aliphatic heterocycles. The number of fused-ring (bicyclic) bond motifs is 1. The minimum Gasteiger partial charge on any atom is -0.507 e. The molecule has 0 unspecified atom stereocenters. The number of pyridine rings is 1. The molecule has 52 heavy (non-hydrogen) atoms. The van der Waals surface area contributed by atoms with Crippen LogP contribution in [-0.4, -0.2) is 19.6 Å². The van der Waals surface area contributed by atoms with Crippen LogP contribution in [0.4, 0.5) is 0 Å². The number of hydrogen-bond acceptors (Lipinski definition) is 3. The van der Waals surface area contributed by atoms with Crippen molar-refractivity contribution in [3.63, 3.8) is 0 Å². The van der Waals surface area contributed by atoms with Gasteiger partial charge in [0.1, 0.15) is 11.6 Å². The number of nitrogens with zero attached hydrogens (tertiary/aromatic N) is 3. The number of phenolic OH excluding ortho intramolecular Hbond substituents is 1. The maximum absolute atomic E-state index is 11.3. The van der Waals surface area contributed by atoms with Crippen LogP contribution in [0.1, 0.15) is 53.9 Å². The molecular formula is C48H41N3O. The van der Waals surface area contributed by atoms with Crippen molar-refractivity contribution < 1.29 is 21.6 Å². The van der Waals surface area contributed by atoms with Crippen molar-refractivity contribution in [3.8, 4) is 67.5 Å². The van der Waals surface area contributed by atoms with Crippen LogP contribution in [0.25, 0.3) is 72.7 Å². The number of hydrogen-bond donors (Lipinski definition) is 1. The van der Waals surface area contributed by atoms with Crippen molar-refractivity contribution in [2.24, 2.45) is 0 Å². The first kappa shape index (κ1) is 21.8. The van der Waals surface area contributed by atoms with Crippen LogP contribution in [-0.2, 0) is 5.41 Å². The SMILES string of the molecule is [2H]c1cc(-c2c([2H])c([2H])c(C([2H])([2H])[2H])c([2H])c2[2H])c([2H])c(-c2cc(-c3cccc4c3nc(-c3ccccc3O)n4-c3ccc(C([2H])([2H])[2H])cc3-c3ccccc3)cc(C(C)(C)C)c2)n1. The standard InChI is InChI=1S/C48H41N3O/c1-31-18-21-33(22-19-31)35-24-25-49-42(30-35)37-27-36(28-38(29-37)48(3,4)5)39-15-11-16-44-46(39)50-47(40-14-9-10-17-45(40)52)51(44)43-23-20-32(2)26-41(43)34-12-7-6-8-13-34/h6-30,52H,1-5H3/i1D3,2D3,18D,19D,21D,22D,25D,30D. The van der Waals surface area contributed by atoms with Crippen molar-refractivity contribution >= 4 is 11.0 Å². The van der Waals surface area contributed by atoms with Crippen molar-refractivity contribution in [1.82, 2.24) is 14.5 Å². The van der Waals surface area contributed by atoms with Gasteiger partial charge in [0.25, 0.3) is 0 Å². The van der Waals surface area contributed by atoms with Crippen LogP contribution in [0.15, 0.2) is 152 Å². The van der Waals surface area contributed by atoms with Gasteiger partial charge >= 0.3 is 0 Å². The van der Waals surface area contributed by atoms with Crippen LogP contribution in [0.2, 0.25) is 0 Å². The summed E-state index contributed by atoms with van der Waals surface area (Å²) in [4.78, 5) is 9.70. The van der Waals surface area contributed by atoms with Gasteiger partial charge in [-0.05, 0) is 102 Å². The van der Waals surface area contributed by atoms with E-state index >= 15 is 0 Å². The fraction of sp³-hybridized carbons (Fsp3) is 0.125. The molecule has 4 heteroatoms. The van der Waals surface area contributed by atoms with E-state index in [4.69, 9.17) is 20.1 Å². The van der Waals surface area contributed by atoms with E-state index in [9.17, 15) is 6.48 Å². The first-order chi connectivity index (χ1) is 30.1. The average Bonchev–Trinajstić information content (AvgIpc) is 3.62. The number of aromatic hydroxyl groups is 1. The second kappa shape index (κ2) is 13.1. The fourth-order valence-corrected chi connectivity index (χ4v) is 6.42. The minimum absolute atomic E-state index is 0.0204. The molecule has 1 N–H and O–H groups in total. The van der Waals surface area contributed by atoms with Crippen molar-refractivity contribution in [3.05, 3.63) is 168 Å². The Morgan fingerprint density at radius 2 is 1.38 bits per heavy atom. The van der Waals surface area contributed by atoms with E-state index in [2.05, 4.69) is 4.98 Å². The summed E-state index contributed by atoms with van der Waals surface area (Å²) in [7, 11) is 0. The number of phenols is 1. The van der Waals surface area contributed by atoms with E-state index in [0.29, 0.717) is 50.4 Å². The van der Waals surface area contributed by atoms with Crippen LogP contribution < -0.4 is 0 Å². The summed E-state index contributed by atoms with van der Waals surface area (Å²) in [5.74, 6) is 0.366. The summed E-state index contributed by atoms with van der Waals surface area (Å²) in [5, 5.41) is 11.3. The third kappa shape index (κ3) is 6.18. The third-order valence-corrected chi connectivity index (χ3v) is 9.07. The molecule has 0 bridgehead atoms. The summed E-state index contributed by atoms with van der Waals surface area (Å²) >= 11 is 0. The van der Waals surface area contributed by atoms with E-state index < -0.39 is 48.9 Å². The summed E-state index contributed by atoms with van der Waals surface area (Å²) in [5.41, 5.74) is 4.73. The lowest BCUT2D eigenvalue weighted by Gasteiger charge is -2.22. The predicted molar refractivity (Wildman–Crippen MR) is 216 cm³/mol. The van der Waals surface area contributed by atoms with Crippen molar-refractivity contribution in [1.29, 1.82) is 0 Å². The topological polar surface area (TPSA) is 50.9 Å². The average molecular weight is 688 g/mol. The minimum atomic E-state index is -2.93. The Hall–Kier alpha value is -6.26. The second-order valence-corrected chi connectivity index (χ2v) is 13.6.